The minimum atomic E-state index is -0.563. The molecule has 0 aliphatic rings. The van der Waals surface area contributed by atoms with Crippen LogP contribution in [0.4, 0.5) is 0 Å². The first-order valence-corrected chi connectivity index (χ1v) is 4.11. The molecule has 0 aliphatic carbocycles. The lowest BCUT2D eigenvalue weighted by atomic mass is 10.1. The molecule has 68 valence electrons. The summed E-state index contributed by atoms with van der Waals surface area (Å²) in [6.07, 6.45) is 0.521. The van der Waals surface area contributed by atoms with Crippen molar-refractivity contribution < 1.29 is 9.45 Å². The first kappa shape index (κ1) is 9.80. The van der Waals surface area contributed by atoms with E-state index in [1.54, 1.807) is 0 Å². The summed E-state index contributed by atoms with van der Waals surface area (Å²) < 4.78 is 4.52. The average molecular weight is 177 g/mol. The molecular weight excluding hydrogens is 165 g/mol. The van der Waals surface area contributed by atoms with E-state index in [2.05, 4.69) is 4.65 Å². The maximum Gasteiger partial charge on any atom is 0.326 e. The standard InChI is InChI=1S/C9H12BNO2/c10-13-9(12)8(11)6-7-4-2-1-3-5-7/h1-5,8H,6,10-11H2/t8-/m0/s1. The second kappa shape index (κ2) is 4.67. The highest BCUT2D eigenvalue weighted by molar-refractivity contribution is 6.06. The molecule has 0 saturated carbocycles. The Bertz CT molecular complexity index is 276. The average Bonchev–Trinajstić information content (AvgIpc) is 2.18. The third kappa shape index (κ3) is 2.91. The smallest absolute Gasteiger partial charge is 0.326 e. The van der Waals surface area contributed by atoms with E-state index in [1.807, 2.05) is 30.3 Å². The number of nitrogens with two attached hydrogens (primary N) is 1. The molecule has 3 nitrogen and oxygen atoms in total. The first-order valence-electron chi connectivity index (χ1n) is 4.11. The minimum absolute atomic E-state index is 0.371. The van der Waals surface area contributed by atoms with E-state index in [0.29, 0.717) is 6.42 Å². The number of benzene rings is 1. The van der Waals surface area contributed by atoms with Gasteiger partial charge in [-0.2, -0.15) is 0 Å². The summed E-state index contributed by atoms with van der Waals surface area (Å²) in [5.74, 6) is -0.371. The van der Waals surface area contributed by atoms with Gasteiger partial charge in [0.1, 0.15) is 6.04 Å². The summed E-state index contributed by atoms with van der Waals surface area (Å²) in [6.45, 7) is 0. The Kier molecular flexibility index (Phi) is 3.52. The van der Waals surface area contributed by atoms with Crippen LogP contribution in [-0.2, 0) is 15.9 Å². The van der Waals surface area contributed by atoms with E-state index in [-0.39, 0.29) is 5.97 Å². The maximum absolute atomic E-state index is 11.0. The first-order chi connectivity index (χ1) is 6.24. The van der Waals surface area contributed by atoms with Gasteiger partial charge < -0.3 is 10.4 Å². The molecule has 0 radical (unpaired) electrons. The molecule has 0 unspecified atom stereocenters. The van der Waals surface area contributed by atoms with Gasteiger partial charge in [0.25, 0.3) is 0 Å². The van der Waals surface area contributed by atoms with Crippen LogP contribution in [0.1, 0.15) is 5.56 Å². The third-order valence-corrected chi connectivity index (χ3v) is 1.80. The van der Waals surface area contributed by atoms with Crippen molar-refractivity contribution in [2.45, 2.75) is 12.5 Å². The fourth-order valence-electron chi connectivity index (χ4n) is 1.10. The lowest BCUT2D eigenvalue weighted by Gasteiger charge is -2.08. The Balaban J connectivity index is 2.55. The van der Waals surface area contributed by atoms with E-state index < -0.39 is 6.04 Å². The predicted molar refractivity (Wildman–Crippen MR) is 52.8 cm³/mol. The number of carbonyl (C=O) groups excluding carboxylic acids is 1. The van der Waals surface area contributed by atoms with Gasteiger partial charge in [-0.1, -0.05) is 30.3 Å². The Morgan fingerprint density at radius 3 is 2.62 bits per heavy atom. The zero-order chi connectivity index (χ0) is 9.68. The summed E-state index contributed by atoms with van der Waals surface area (Å²) in [6, 6.07) is 9.06. The molecule has 1 aromatic carbocycles. The molecule has 1 atom stereocenters. The predicted octanol–water partition coefficient (Wildman–Crippen LogP) is -0.352. The molecule has 0 heterocycles. The summed E-state index contributed by atoms with van der Waals surface area (Å²) in [5.41, 5.74) is 6.63. The SMILES string of the molecule is BOC(=O)[C@@H](N)Cc1ccccc1. The van der Waals surface area contributed by atoms with Gasteiger partial charge in [0.15, 0.2) is 0 Å². The fraction of sp³-hybridized carbons (Fsp3) is 0.222. The van der Waals surface area contributed by atoms with Crippen LogP contribution in [0, 0.1) is 0 Å². The van der Waals surface area contributed by atoms with Crippen molar-refractivity contribution in [1.82, 2.24) is 0 Å². The molecule has 2 N–H and O–H groups in total. The Labute approximate surface area is 78.3 Å². The van der Waals surface area contributed by atoms with Crippen LogP contribution < -0.4 is 5.73 Å². The summed E-state index contributed by atoms with van der Waals surface area (Å²) in [5, 5.41) is 0. The molecule has 1 aromatic rings. The van der Waals surface area contributed by atoms with E-state index in [9.17, 15) is 4.79 Å². The molecule has 0 aromatic heterocycles. The molecule has 0 aliphatic heterocycles. The van der Waals surface area contributed by atoms with Gasteiger partial charge in [0, 0.05) is 0 Å². The fourth-order valence-corrected chi connectivity index (χ4v) is 1.10. The van der Waals surface area contributed by atoms with Crippen molar-refractivity contribution in [1.29, 1.82) is 0 Å². The van der Waals surface area contributed by atoms with E-state index >= 15 is 0 Å². The third-order valence-electron chi connectivity index (χ3n) is 1.80. The van der Waals surface area contributed by atoms with Gasteiger partial charge in [-0.15, -0.1) is 0 Å². The molecule has 0 bridgehead atoms. The van der Waals surface area contributed by atoms with Gasteiger partial charge in [-0.3, -0.25) is 4.79 Å². The summed E-state index contributed by atoms with van der Waals surface area (Å²) in [4.78, 5) is 11.0. The lowest BCUT2D eigenvalue weighted by Crippen LogP contribution is -2.33. The Morgan fingerprint density at radius 1 is 1.46 bits per heavy atom. The highest BCUT2D eigenvalue weighted by Crippen LogP contribution is 2.02. The van der Waals surface area contributed by atoms with Crippen molar-refractivity contribution in [2.75, 3.05) is 0 Å². The van der Waals surface area contributed by atoms with Gasteiger partial charge in [0.05, 0.1) is 0 Å². The Morgan fingerprint density at radius 2 is 2.08 bits per heavy atom. The number of carbonyl (C=O) groups is 1. The van der Waals surface area contributed by atoms with Crippen LogP contribution in [0.15, 0.2) is 30.3 Å². The summed E-state index contributed by atoms with van der Waals surface area (Å²) in [7, 11) is 1.34. The van der Waals surface area contributed by atoms with Crippen molar-refractivity contribution in [3.63, 3.8) is 0 Å². The normalized spacial score (nSPS) is 12.1. The van der Waals surface area contributed by atoms with Gasteiger partial charge >= 0.3 is 14.0 Å². The van der Waals surface area contributed by atoms with Crippen LogP contribution in [0.5, 0.6) is 0 Å². The highest BCUT2D eigenvalue weighted by Gasteiger charge is 2.12. The highest BCUT2D eigenvalue weighted by atomic mass is 16.5. The molecule has 0 amide bonds. The van der Waals surface area contributed by atoms with Gasteiger partial charge in [-0.25, -0.2) is 0 Å². The van der Waals surface area contributed by atoms with E-state index in [4.69, 9.17) is 5.73 Å². The summed E-state index contributed by atoms with van der Waals surface area (Å²) >= 11 is 0. The van der Waals surface area contributed by atoms with Gasteiger partial charge in [0.2, 0.25) is 0 Å². The van der Waals surface area contributed by atoms with Gasteiger partial charge in [-0.05, 0) is 12.0 Å². The maximum atomic E-state index is 11.0. The van der Waals surface area contributed by atoms with Crippen molar-refractivity contribution in [3.05, 3.63) is 35.9 Å². The molecule has 13 heavy (non-hydrogen) atoms. The molecule has 0 spiro atoms. The number of hydrogen-bond donors (Lipinski definition) is 1. The quantitative estimate of drug-likeness (QED) is 0.642. The topological polar surface area (TPSA) is 52.3 Å². The second-order valence-corrected chi connectivity index (χ2v) is 2.82. The Hall–Kier alpha value is -1.29. The van der Waals surface area contributed by atoms with Crippen molar-refractivity contribution in [3.8, 4) is 0 Å². The van der Waals surface area contributed by atoms with Crippen LogP contribution in [-0.4, -0.2) is 20.1 Å². The number of rotatable bonds is 3. The molecular formula is C9H12BNO2. The van der Waals surface area contributed by atoms with Crippen LogP contribution in [0.2, 0.25) is 0 Å². The van der Waals surface area contributed by atoms with E-state index in [1.165, 1.54) is 8.05 Å². The molecule has 0 fully saturated rings. The van der Waals surface area contributed by atoms with E-state index in [0.717, 1.165) is 5.56 Å². The zero-order valence-corrected chi connectivity index (χ0v) is 7.57. The minimum Gasteiger partial charge on any atom is -0.542 e. The van der Waals surface area contributed by atoms with Crippen molar-refractivity contribution >= 4 is 14.0 Å². The van der Waals surface area contributed by atoms with Crippen molar-refractivity contribution in [2.24, 2.45) is 5.73 Å². The van der Waals surface area contributed by atoms with Crippen LogP contribution >= 0.6 is 0 Å². The largest absolute Gasteiger partial charge is 0.542 e. The van der Waals surface area contributed by atoms with Crippen LogP contribution in [0.3, 0.4) is 0 Å². The molecule has 4 heteroatoms. The molecule has 0 saturated heterocycles. The number of hydrogen-bond acceptors (Lipinski definition) is 3. The monoisotopic (exact) mass is 177 g/mol. The zero-order valence-electron chi connectivity index (χ0n) is 7.57. The second-order valence-electron chi connectivity index (χ2n) is 2.82. The lowest BCUT2D eigenvalue weighted by molar-refractivity contribution is -0.135. The van der Waals surface area contributed by atoms with Crippen LogP contribution in [0.25, 0.3) is 0 Å². The molecule has 1 rings (SSSR count).